The van der Waals surface area contributed by atoms with E-state index >= 15 is 0 Å². The third kappa shape index (κ3) is 1.05. The van der Waals surface area contributed by atoms with Crippen LogP contribution in [0.2, 0.25) is 0 Å². The maximum absolute atomic E-state index is 10.8. The van der Waals surface area contributed by atoms with Gasteiger partial charge in [0.25, 0.3) is 0 Å². The molecule has 1 rings (SSSR count). The number of aliphatic hydroxyl groups is 1. The van der Waals surface area contributed by atoms with Gasteiger partial charge >= 0.3 is 0 Å². The van der Waals surface area contributed by atoms with Crippen molar-refractivity contribution in [2.45, 2.75) is 18.9 Å². The van der Waals surface area contributed by atoms with Gasteiger partial charge in [-0.05, 0) is 6.42 Å². The molecule has 1 aliphatic heterocycles. The summed E-state index contributed by atoms with van der Waals surface area (Å²) < 4.78 is 0. The second-order valence-corrected chi connectivity index (χ2v) is 2.38. The van der Waals surface area contributed by atoms with Crippen LogP contribution in [-0.4, -0.2) is 35.6 Å². The van der Waals surface area contributed by atoms with E-state index in [-0.39, 0.29) is 18.6 Å². The molecule has 1 fully saturated rings. The van der Waals surface area contributed by atoms with Gasteiger partial charge in [-0.25, -0.2) is 0 Å². The van der Waals surface area contributed by atoms with E-state index in [0.717, 1.165) is 6.42 Å². The molecular weight excluding hydrogens is 118 g/mol. The summed E-state index contributed by atoms with van der Waals surface area (Å²) in [6.07, 6.45) is 1.41. The van der Waals surface area contributed by atoms with Gasteiger partial charge in [0, 0.05) is 13.5 Å². The Labute approximate surface area is 54.3 Å². The molecule has 0 aromatic rings. The van der Waals surface area contributed by atoms with Crippen LogP contribution in [0.5, 0.6) is 0 Å². The lowest BCUT2D eigenvalue weighted by Crippen LogP contribution is -2.31. The largest absolute Gasteiger partial charge is 0.394 e. The molecule has 0 spiro atoms. The molecule has 3 nitrogen and oxygen atoms in total. The topological polar surface area (TPSA) is 40.5 Å². The molecule has 1 saturated heterocycles. The Morgan fingerprint density at radius 1 is 1.89 bits per heavy atom. The van der Waals surface area contributed by atoms with Gasteiger partial charge in [-0.1, -0.05) is 0 Å². The van der Waals surface area contributed by atoms with Crippen LogP contribution in [0.4, 0.5) is 0 Å². The second kappa shape index (κ2) is 2.35. The molecule has 0 aliphatic carbocycles. The normalized spacial score (nSPS) is 27.6. The van der Waals surface area contributed by atoms with Crippen LogP contribution >= 0.6 is 0 Å². The van der Waals surface area contributed by atoms with E-state index in [1.807, 2.05) is 0 Å². The van der Waals surface area contributed by atoms with Crippen molar-refractivity contribution in [1.29, 1.82) is 0 Å². The first kappa shape index (κ1) is 6.55. The second-order valence-electron chi connectivity index (χ2n) is 2.38. The highest BCUT2D eigenvalue weighted by Gasteiger charge is 2.26. The van der Waals surface area contributed by atoms with Crippen LogP contribution < -0.4 is 0 Å². The molecule has 0 saturated carbocycles. The molecule has 0 aromatic heterocycles. The average molecular weight is 129 g/mol. The maximum atomic E-state index is 10.8. The van der Waals surface area contributed by atoms with E-state index in [9.17, 15) is 4.79 Å². The van der Waals surface area contributed by atoms with Crippen molar-refractivity contribution in [2.24, 2.45) is 0 Å². The van der Waals surface area contributed by atoms with Crippen molar-refractivity contribution in [2.75, 3.05) is 13.7 Å². The molecule has 0 radical (unpaired) electrons. The molecule has 1 N–H and O–H groups in total. The van der Waals surface area contributed by atoms with Crippen LogP contribution in [0.25, 0.3) is 0 Å². The third-order valence-electron chi connectivity index (χ3n) is 1.84. The zero-order valence-electron chi connectivity index (χ0n) is 5.50. The van der Waals surface area contributed by atoms with Gasteiger partial charge in [-0.2, -0.15) is 0 Å². The number of hydrogen-bond donors (Lipinski definition) is 1. The Bertz CT molecular complexity index is 124. The molecule has 0 bridgehead atoms. The fourth-order valence-electron chi connectivity index (χ4n) is 1.08. The van der Waals surface area contributed by atoms with E-state index in [4.69, 9.17) is 5.11 Å². The number of aliphatic hydroxyl groups excluding tert-OH is 1. The maximum Gasteiger partial charge on any atom is 0.222 e. The van der Waals surface area contributed by atoms with Crippen molar-refractivity contribution in [3.05, 3.63) is 0 Å². The van der Waals surface area contributed by atoms with Gasteiger partial charge in [0.1, 0.15) is 0 Å². The Kier molecular flexibility index (Phi) is 1.71. The van der Waals surface area contributed by atoms with Crippen molar-refractivity contribution >= 4 is 5.91 Å². The van der Waals surface area contributed by atoms with Crippen LogP contribution in [0, 0.1) is 0 Å². The first-order valence-electron chi connectivity index (χ1n) is 3.12. The standard InChI is InChI=1S/C6H11NO2/c1-7-5(4-8)2-3-6(7)9/h5,8H,2-4H2,1H3. The van der Waals surface area contributed by atoms with Crippen molar-refractivity contribution < 1.29 is 9.90 Å². The quantitative estimate of drug-likeness (QED) is 0.523. The summed E-state index contributed by atoms with van der Waals surface area (Å²) in [7, 11) is 1.73. The zero-order valence-corrected chi connectivity index (χ0v) is 5.50. The molecule has 3 heteroatoms. The van der Waals surface area contributed by atoms with Crippen molar-refractivity contribution in [1.82, 2.24) is 4.90 Å². The average Bonchev–Trinajstić information content (AvgIpc) is 2.15. The van der Waals surface area contributed by atoms with Crippen molar-refractivity contribution in [3.63, 3.8) is 0 Å². The lowest BCUT2D eigenvalue weighted by Gasteiger charge is -2.16. The number of nitrogens with zero attached hydrogens (tertiary/aromatic N) is 1. The highest BCUT2D eigenvalue weighted by molar-refractivity contribution is 5.78. The van der Waals surface area contributed by atoms with Gasteiger partial charge in [0.05, 0.1) is 12.6 Å². The number of likely N-dealkylation sites (tertiary alicyclic amines) is 1. The molecule has 1 heterocycles. The molecule has 1 amide bonds. The lowest BCUT2D eigenvalue weighted by atomic mass is 10.2. The summed E-state index contributed by atoms with van der Waals surface area (Å²) in [6, 6.07) is 0.0810. The van der Waals surface area contributed by atoms with Gasteiger partial charge < -0.3 is 10.0 Å². The van der Waals surface area contributed by atoms with E-state index in [2.05, 4.69) is 0 Å². The molecule has 1 unspecified atom stereocenters. The van der Waals surface area contributed by atoms with E-state index in [0.29, 0.717) is 6.42 Å². The number of carbonyl (C=O) groups is 1. The van der Waals surface area contributed by atoms with E-state index in [1.54, 1.807) is 11.9 Å². The third-order valence-corrected chi connectivity index (χ3v) is 1.84. The highest BCUT2D eigenvalue weighted by atomic mass is 16.3. The van der Waals surface area contributed by atoms with Crippen LogP contribution in [0.1, 0.15) is 12.8 Å². The molecule has 52 valence electrons. The Morgan fingerprint density at radius 2 is 2.56 bits per heavy atom. The minimum Gasteiger partial charge on any atom is -0.394 e. The van der Waals surface area contributed by atoms with Gasteiger partial charge in [0.2, 0.25) is 5.91 Å². The minimum absolute atomic E-state index is 0.0810. The first-order valence-corrected chi connectivity index (χ1v) is 3.12. The van der Waals surface area contributed by atoms with Crippen LogP contribution in [0.3, 0.4) is 0 Å². The molecular formula is C6H11NO2. The lowest BCUT2D eigenvalue weighted by molar-refractivity contribution is -0.128. The Balaban J connectivity index is 2.51. The summed E-state index contributed by atoms with van der Waals surface area (Å²) >= 11 is 0. The van der Waals surface area contributed by atoms with E-state index in [1.165, 1.54) is 0 Å². The highest BCUT2D eigenvalue weighted by Crippen LogP contribution is 2.14. The minimum atomic E-state index is 0.0810. The summed E-state index contributed by atoms with van der Waals surface area (Å²) in [5, 5.41) is 8.66. The summed E-state index contributed by atoms with van der Waals surface area (Å²) in [6.45, 7) is 0.0994. The fourth-order valence-corrected chi connectivity index (χ4v) is 1.08. The van der Waals surface area contributed by atoms with Gasteiger partial charge in [-0.3, -0.25) is 4.79 Å². The molecule has 1 aliphatic rings. The van der Waals surface area contributed by atoms with E-state index < -0.39 is 0 Å². The predicted molar refractivity (Wildman–Crippen MR) is 32.9 cm³/mol. The number of rotatable bonds is 1. The SMILES string of the molecule is CN1C(=O)CCC1CO. The number of amides is 1. The summed E-state index contributed by atoms with van der Waals surface area (Å²) in [4.78, 5) is 12.4. The molecule has 9 heavy (non-hydrogen) atoms. The zero-order chi connectivity index (χ0) is 6.85. The summed E-state index contributed by atoms with van der Waals surface area (Å²) in [5.74, 6) is 0.147. The number of hydrogen-bond acceptors (Lipinski definition) is 2. The monoisotopic (exact) mass is 129 g/mol. The fraction of sp³-hybridized carbons (Fsp3) is 0.833. The Morgan fingerprint density at radius 3 is 2.78 bits per heavy atom. The number of carbonyl (C=O) groups excluding carboxylic acids is 1. The van der Waals surface area contributed by atoms with Crippen molar-refractivity contribution in [3.8, 4) is 0 Å². The van der Waals surface area contributed by atoms with Gasteiger partial charge in [-0.15, -0.1) is 0 Å². The molecule has 1 atom stereocenters. The summed E-state index contributed by atoms with van der Waals surface area (Å²) in [5.41, 5.74) is 0. The number of likely N-dealkylation sites (N-methyl/N-ethyl adjacent to an activating group) is 1. The van der Waals surface area contributed by atoms with Gasteiger partial charge in [0.15, 0.2) is 0 Å². The smallest absolute Gasteiger partial charge is 0.222 e. The molecule has 0 aromatic carbocycles. The Hall–Kier alpha value is -0.570. The predicted octanol–water partition coefficient (Wildman–Crippen LogP) is -0.401. The van der Waals surface area contributed by atoms with Crippen LogP contribution in [0.15, 0.2) is 0 Å². The first-order chi connectivity index (χ1) is 4.25. The van der Waals surface area contributed by atoms with Crippen LogP contribution in [-0.2, 0) is 4.79 Å².